The number of benzene rings is 2. The number of hydrogen-bond donors (Lipinski definition) is 0. The van der Waals surface area contributed by atoms with Gasteiger partial charge >= 0.3 is 0 Å². The molecule has 1 atom stereocenters. The van der Waals surface area contributed by atoms with Gasteiger partial charge in [-0.15, -0.1) is 0 Å². The first kappa shape index (κ1) is 19.5. The average molecular weight is 388 g/mol. The molecule has 2 aromatic rings. The fourth-order valence-corrected chi connectivity index (χ4v) is 5.24. The summed E-state index contributed by atoms with van der Waals surface area (Å²) in [7, 11) is -0.985. The molecule has 0 fully saturated rings. The van der Waals surface area contributed by atoms with Crippen molar-refractivity contribution in [3.8, 4) is 0 Å². The minimum Gasteiger partial charge on any atom is -0.275 e. The Bertz CT molecular complexity index is 972. The van der Waals surface area contributed by atoms with Gasteiger partial charge < -0.3 is 0 Å². The highest BCUT2D eigenvalue weighted by atomic mass is 32.2. The molecule has 0 aromatic heterocycles. The van der Waals surface area contributed by atoms with Gasteiger partial charge in [-0.25, -0.2) is 13.5 Å². The van der Waals surface area contributed by atoms with Gasteiger partial charge in [0.2, 0.25) is 10.0 Å². The number of carbonyl (C=O) groups is 1. The second-order valence-electron chi connectivity index (χ2n) is 6.83. The Morgan fingerprint density at radius 3 is 2.48 bits per heavy atom. The summed E-state index contributed by atoms with van der Waals surface area (Å²) in [5.41, 5.74) is 3.41. The highest BCUT2D eigenvalue weighted by Crippen LogP contribution is 2.31. The minimum atomic E-state index is -3.86. The molecule has 0 spiro atoms. The number of amides is 1. The number of fused-ring (bicyclic) bond motifs is 1. The molecule has 0 saturated carbocycles. The molecule has 0 unspecified atom stereocenters. The molecule has 2 aromatic carbocycles. The lowest BCUT2D eigenvalue weighted by molar-refractivity contribution is -0.173. The SMILES string of the molecule is CON(C)C(=O)[C@H]1Cc2ccccc2CN1S(=O)(=O)c1cc(C)ccc1C. The van der Waals surface area contributed by atoms with Gasteiger partial charge in [-0.2, -0.15) is 4.31 Å². The van der Waals surface area contributed by atoms with Crippen LogP contribution in [0.25, 0.3) is 0 Å². The van der Waals surface area contributed by atoms with Crippen molar-refractivity contribution >= 4 is 15.9 Å². The van der Waals surface area contributed by atoms with E-state index in [9.17, 15) is 13.2 Å². The van der Waals surface area contributed by atoms with E-state index in [1.54, 1.807) is 19.1 Å². The summed E-state index contributed by atoms with van der Waals surface area (Å²) < 4.78 is 28.3. The molecule has 1 aliphatic heterocycles. The van der Waals surface area contributed by atoms with E-state index in [1.807, 2.05) is 37.3 Å². The van der Waals surface area contributed by atoms with Crippen molar-refractivity contribution in [2.75, 3.05) is 14.2 Å². The van der Waals surface area contributed by atoms with Gasteiger partial charge in [0.1, 0.15) is 6.04 Å². The van der Waals surface area contributed by atoms with Crippen LogP contribution in [-0.4, -0.2) is 43.9 Å². The third kappa shape index (κ3) is 3.63. The lowest BCUT2D eigenvalue weighted by Crippen LogP contribution is -2.52. The lowest BCUT2D eigenvalue weighted by Gasteiger charge is -2.36. The van der Waals surface area contributed by atoms with Gasteiger partial charge in [0.05, 0.1) is 12.0 Å². The molecular formula is C20H24N2O4S. The maximum atomic E-state index is 13.5. The first-order valence-electron chi connectivity index (χ1n) is 8.73. The monoisotopic (exact) mass is 388 g/mol. The van der Waals surface area contributed by atoms with Crippen LogP contribution >= 0.6 is 0 Å². The Balaban J connectivity index is 2.11. The first-order chi connectivity index (χ1) is 12.8. The predicted molar refractivity (Wildman–Crippen MR) is 102 cm³/mol. The Labute approximate surface area is 160 Å². The highest BCUT2D eigenvalue weighted by Gasteiger charge is 2.41. The van der Waals surface area contributed by atoms with Crippen LogP contribution in [0.15, 0.2) is 47.4 Å². The zero-order chi connectivity index (χ0) is 19.8. The summed E-state index contributed by atoms with van der Waals surface area (Å²) >= 11 is 0. The summed E-state index contributed by atoms with van der Waals surface area (Å²) in [6.07, 6.45) is 0.312. The maximum Gasteiger partial charge on any atom is 0.264 e. The van der Waals surface area contributed by atoms with E-state index < -0.39 is 16.1 Å². The summed E-state index contributed by atoms with van der Waals surface area (Å²) in [5, 5.41) is 1.09. The molecule has 0 aliphatic carbocycles. The Kier molecular flexibility index (Phi) is 5.37. The van der Waals surface area contributed by atoms with Crippen LogP contribution in [0.2, 0.25) is 0 Å². The van der Waals surface area contributed by atoms with E-state index in [1.165, 1.54) is 18.5 Å². The van der Waals surface area contributed by atoms with E-state index in [-0.39, 0.29) is 17.3 Å². The number of nitrogens with zero attached hydrogens (tertiary/aromatic N) is 2. The average Bonchev–Trinajstić information content (AvgIpc) is 2.67. The fourth-order valence-electron chi connectivity index (χ4n) is 3.37. The largest absolute Gasteiger partial charge is 0.275 e. The van der Waals surface area contributed by atoms with E-state index in [2.05, 4.69) is 0 Å². The van der Waals surface area contributed by atoms with Crippen LogP contribution < -0.4 is 0 Å². The van der Waals surface area contributed by atoms with Crippen molar-refractivity contribution in [3.05, 3.63) is 64.7 Å². The van der Waals surface area contributed by atoms with Crippen molar-refractivity contribution in [2.24, 2.45) is 0 Å². The zero-order valence-corrected chi connectivity index (χ0v) is 16.8. The number of hydroxylamine groups is 2. The van der Waals surface area contributed by atoms with Crippen molar-refractivity contribution < 1.29 is 18.0 Å². The Morgan fingerprint density at radius 1 is 1.15 bits per heavy atom. The van der Waals surface area contributed by atoms with Crippen LogP contribution in [0, 0.1) is 13.8 Å². The predicted octanol–water partition coefficient (Wildman–Crippen LogP) is 2.44. The number of sulfonamides is 1. The van der Waals surface area contributed by atoms with Gasteiger partial charge in [0.15, 0.2) is 0 Å². The highest BCUT2D eigenvalue weighted by molar-refractivity contribution is 7.89. The van der Waals surface area contributed by atoms with E-state index in [0.29, 0.717) is 12.0 Å². The molecular weight excluding hydrogens is 364 g/mol. The van der Waals surface area contributed by atoms with E-state index in [0.717, 1.165) is 21.8 Å². The van der Waals surface area contributed by atoms with E-state index >= 15 is 0 Å². The lowest BCUT2D eigenvalue weighted by atomic mass is 9.95. The Morgan fingerprint density at radius 2 is 1.81 bits per heavy atom. The topological polar surface area (TPSA) is 66.9 Å². The molecule has 1 amide bonds. The summed E-state index contributed by atoms with van der Waals surface area (Å²) in [6, 6.07) is 12.1. The zero-order valence-electron chi connectivity index (χ0n) is 16.0. The molecule has 1 aliphatic rings. The Hall–Kier alpha value is -2.22. The third-order valence-corrected chi connectivity index (χ3v) is 7.00. The number of rotatable bonds is 4. The van der Waals surface area contributed by atoms with Gasteiger partial charge in [0, 0.05) is 13.6 Å². The van der Waals surface area contributed by atoms with Gasteiger partial charge in [0.25, 0.3) is 5.91 Å². The molecule has 144 valence electrons. The van der Waals surface area contributed by atoms with Crippen molar-refractivity contribution in [3.63, 3.8) is 0 Å². The van der Waals surface area contributed by atoms with Gasteiger partial charge in [-0.3, -0.25) is 9.63 Å². The molecule has 6 nitrogen and oxygen atoms in total. The summed E-state index contributed by atoms with van der Waals surface area (Å²) in [4.78, 5) is 18.1. The van der Waals surface area contributed by atoms with Crippen LogP contribution in [0.5, 0.6) is 0 Å². The minimum absolute atomic E-state index is 0.153. The quantitative estimate of drug-likeness (QED) is 0.755. The molecule has 27 heavy (non-hydrogen) atoms. The van der Waals surface area contributed by atoms with Crippen molar-refractivity contribution in [1.82, 2.24) is 9.37 Å². The van der Waals surface area contributed by atoms with E-state index in [4.69, 9.17) is 4.84 Å². The molecule has 1 heterocycles. The van der Waals surface area contributed by atoms with Crippen LogP contribution in [0.1, 0.15) is 22.3 Å². The standard InChI is InChI=1S/C20H24N2O4S/c1-14-9-10-15(2)19(11-14)27(24,25)22-13-17-8-6-5-7-16(17)12-18(22)20(23)21(3)26-4/h5-11,18H,12-13H2,1-4H3/t18-/m1/s1. The normalized spacial score (nSPS) is 17.4. The molecule has 0 bridgehead atoms. The van der Waals surface area contributed by atoms with Crippen molar-refractivity contribution in [1.29, 1.82) is 0 Å². The molecule has 7 heteroatoms. The maximum absolute atomic E-state index is 13.5. The summed E-state index contributed by atoms with van der Waals surface area (Å²) in [6.45, 7) is 3.77. The number of aryl methyl sites for hydroxylation is 2. The number of hydrogen-bond acceptors (Lipinski definition) is 4. The molecule has 0 saturated heterocycles. The fraction of sp³-hybridized carbons (Fsp3) is 0.350. The number of carbonyl (C=O) groups excluding carboxylic acids is 1. The van der Waals surface area contributed by atoms with Crippen LogP contribution in [0.3, 0.4) is 0 Å². The van der Waals surface area contributed by atoms with Crippen LogP contribution in [-0.2, 0) is 32.6 Å². The van der Waals surface area contributed by atoms with Gasteiger partial charge in [-0.1, -0.05) is 36.4 Å². The van der Waals surface area contributed by atoms with Gasteiger partial charge in [-0.05, 0) is 48.6 Å². The molecule has 3 rings (SSSR count). The first-order valence-corrected chi connectivity index (χ1v) is 10.2. The second kappa shape index (κ2) is 7.42. The molecule has 0 radical (unpaired) electrons. The molecule has 0 N–H and O–H groups in total. The van der Waals surface area contributed by atoms with Crippen LogP contribution in [0.4, 0.5) is 0 Å². The van der Waals surface area contributed by atoms with Crippen molar-refractivity contribution in [2.45, 2.75) is 37.8 Å². The number of likely N-dealkylation sites (N-methyl/N-ethyl adjacent to an activating group) is 1. The second-order valence-corrected chi connectivity index (χ2v) is 8.69. The smallest absolute Gasteiger partial charge is 0.264 e. The third-order valence-electron chi connectivity index (χ3n) is 5.01. The summed E-state index contributed by atoms with van der Waals surface area (Å²) in [5.74, 6) is -0.388.